The number of nitrogens with two attached hydrogens (primary N) is 1. The molecular weight excluding hydrogens is 180 g/mol. The Balaban J connectivity index is 2.55. The monoisotopic (exact) mass is 190 g/mol. The number of aromatic nitrogens is 2. The highest BCUT2D eigenvalue weighted by Gasteiger charge is 1.89. The van der Waals surface area contributed by atoms with Crippen molar-refractivity contribution in [3.8, 4) is 11.8 Å². The van der Waals surface area contributed by atoms with E-state index in [1.54, 1.807) is 6.07 Å². The third-order valence-corrected chi connectivity index (χ3v) is 1.32. The van der Waals surface area contributed by atoms with Crippen molar-refractivity contribution in [1.29, 1.82) is 0 Å². The Hall–Kier alpha value is -2.09. The van der Waals surface area contributed by atoms with Gasteiger partial charge in [-0.15, -0.1) is 0 Å². The molecule has 0 aromatic carbocycles. The second-order valence-electron chi connectivity index (χ2n) is 2.51. The van der Waals surface area contributed by atoms with Crippen molar-refractivity contribution in [2.24, 2.45) is 0 Å². The van der Waals surface area contributed by atoms with E-state index in [9.17, 15) is 4.79 Å². The second kappa shape index (κ2) is 4.82. The SMILES string of the molecule is CC(=O)NCC#Cc1ccnc(N)n1. The van der Waals surface area contributed by atoms with E-state index in [2.05, 4.69) is 27.1 Å². The van der Waals surface area contributed by atoms with E-state index in [1.807, 2.05) is 0 Å². The van der Waals surface area contributed by atoms with Crippen LogP contribution >= 0.6 is 0 Å². The summed E-state index contributed by atoms with van der Waals surface area (Å²) in [5.41, 5.74) is 5.90. The van der Waals surface area contributed by atoms with Crippen LogP contribution < -0.4 is 11.1 Å². The van der Waals surface area contributed by atoms with E-state index in [-0.39, 0.29) is 11.9 Å². The molecule has 0 fully saturated rings. The highest BCUT2D eigenvalue weighted by Crippen LogP contribution is 1.92. The van der Waals surface area contributed by atoms with Gasteiger partial charge in [0.1, 0.15) is 5.69 Å². The third kappa shape index (κ3) is 3.54. The molecule has 72 valence electrons. The topological polar surface area (TPSA) is 80.9 Å². The first-order chi connectivity index (χ1) is 6.68. The molecule has 5 nitrogen and oxygen atoms in total. The Morgan fingerprint density at radius 1 is 1.71 bits per heavy atom. The van der Waals surface area contributed by atoms with E-state index in [0.29, 0.717) is 12.2 Å². The summed E-state index contributed by atoms with van der Waals surface area (Å²) < 4.78 is 0. The van der Waals surface area contributed by atoms with Crippen LogP contribution in [0.1, 0.15) is 12.6 Å². The van der Waals surface area contributed by atoms with Crippen LogP contribution in [0, 0.1) is 11.8 Å². The van der Waals surface area contributed by atoms with E-state index < -0.39 is 0 Å². The van der Waals surface area contributed by atoms with Crippen molar-refractivity contribution in [3.05, 3.63) is 18.0 Å². The van der Waals surface area contributed by atoms with Gasteiger partial charge in [0.15, 0.2) is 0 Å². The number of amides is 1. The smallest absolute Gasteiger partial charge is 0.221 e. The maximum absolute atomic E-state index is 10.5. The fourth-order valence-electron chi connectivity index (χ4n) is 0.747. The molecule has 0 unspecified atom stereocenters. The molecule has 0 bridgehead atoms. The summed E-state index contributed by atoms with van der Waals surface area (Å²) in [4.78, 5) is 18.1. The van der Waals surface area contributed by atoms with Crippen LogP contribution in [0.5, 0.6) is 0 Å². The molecule has 14 heavy (non-hydrogen) atoms. The molecular formula is C9H10N4O. The van der Waals surface area contributed by atoms with Crippen LogP contribution in [0.15, 0.2) is 12.3 Å². The van der Waals surface area contributed by atoms with Crippen molar-refractivity contribution in [2.45, 2.75) is 6.92 Å². The summed E-state index contributed by atoms with van der Waals surface area (Å²) in [6.07, 6.45) is 1.53. The molecule has 1 heterocycles. The molecule has 1 rings (SSSR count). The maximum atomic E-state index is 10.5. The minimum absolute atomic E-state index is 0.110. The van der Waals surface area contributed by atoms with Crippen molar-refractivity contribution in [1.82, 2.24) is 15.3 Å². The van der Waals surface area contributed by atoms with Crippen molar-refractivity contribution >= 4 is 11.9 Å². The van der Waals surface area contributed by atoms with Gasteiger partial charge in [-0.25, -0.2) is 9.97 Å². The Morgan fingerprint density at radius 3 is 3.14 bits per heavy atom. The zero-order chi connectivity index (χ0) is 10.4. The number of hydrogen-bond acceptors (Lipinski definition) is 4. The molecule has 1 aromatic heterocycles. The minimum Gasteiger partial charge on any atom is -0.368 e. The summed E-state index contributed by atoms with van der Waals surface area (Å²) in [5, 5.41) is 2.54. The van der Waals surface area contributed by atoms with Gasteiger partial charge in [-0.05, 0) is 12.0 Å². The first-order valence-corrected chi connectivity index (χ1v) is 4.00. The van der Waals surface area contributed by atoms with E-state index in [1.165, 1.54) is 13.1 Å². The van der Waals surface area contributed by atoms with Gasteiger partial charge < -0.3 is 11.1 Å². The van der Waals surface area contributed by atoms with E-state index in [4.69, 9.17) is 5.73 Å². The number of anilines is 1. The summed E-state index contributed by atoms with van der Waals surface area (Å²) in [6.45, 7) is 1.74. The van der Waals surface area contributed by atoms with Crippen LogP contribution in [0.4, 0.5) is 5.95 Å². The first-order valence-electron chi connectivity index (χ1n) is 4.00. The Morgan fingerprint density at radius 2 is 2.50 bits per heavy atom. The molecule has 0 aliphatic heterocycles. The molecule has 1 aromatic rings. The third-order valence-electron chi connectivity index (χ3n) is 1.32. The summed E-state index contributed by atoms with van der Waals surface area (Å²) >= 11 is 0. The van der Waals surface area contributed by atoms with E-state index >= 15 is 0 Å². The molecule has 0 aliphatic rings. The molecule has 0 radical (unpaired) electrons. The molecule has 0 saturated heterocycles. The van der Waals surface area contributed by atoms with Crippen LogP contribution in [-0.2, 0) is 4.79 Å². The van der Waals surface area contributed by atoms with Crippen LogP contribution in [0.25, 0.3) is 0 Å². The first kappa shape index (κ1) is 9.99. The molecule has 3 N–H and O–H groups in total. The Bertz CT molecular complexity index is 391. The lowest BCUT2D eigenvalue weighted by molar-refractivity contribution is -0.118. The van der Waals surface area contributed by atoms with E-state index in [0.717, 1.165) is 0 Å². The number of carbonyl (C=O) groups excluding carboxylic acids is 1. The highest BCUT2D eigenvalue weighted by molar-refractivity contribution is 5.73. The minimum atomic E-state index is -0.110. The lowest BCUT2D eigenvalue weighted by atomic mass is 10.4. The predicted octanol–water partition coefficient (Wildman–Crippen LogP) is -0.454. The Labute approximate surface area is 81.7 Å². The van der Waals surface area contributed by atoms with Gasteiger partial charge >= 0.3 is 0 Å². The lowest BCUT2D eigenvalue weighted by Crippen LogP contribution is -2.19. The van der Waals surface area contributed by atoms with Gasteiger partial charge in [-0.3, -0.25) is 4.79 Å². The number of rotatable bonds is 1. The average Bonchev–Trinajstić information content (AvgIpc) is 2.12. The number of nitrogens with one attached hydrogen (secondary N) is 1. The Kier molecular flexibility index (Phi) is 3.44. The quantitative estimate of drug-likeness (QED) is 0.587. The van der Waals surface area contributed by atoms with Gasteiger partial charge in [-0.2, -0.15) is 0 Å². The van der Waals surface area contributed by atoms with Gasteiger partial charge in [0, 0.05) is 13.1 Å². The van der Waals surface area contributed by atoms with Crippen LogP contribution in [0.2, 0.25) is 0 Å². The number of nitrogen functional groups attached to an aromatic ring is 1. The van der Waals surface area contributed by atoms with Crippen LogP contribution in [0.3, 0.4) is 0 Å². The van der Waals surface area contributed by atoms with Crippen LogP contribution in [-0.4, -0.2) is 22.4 Å². The van der Waals surface area contributed by atoms with Crippen molar-refractivity contribution in [3.63, 3.8) is 0 Å². The summed E-state index contributed by atoms with van der Waals surface area (Å²) in [5.74, 6) is 5.56. The number of hydrogen-bond donors (Lipinski definition) is 2. The standard InChI is InChI=1S/C9H10N4O/c1-7(14)11-5-2-3-8-4-6-12-9(10)13-8/h4,6H,5H2,1H3,(H,11,14)(H2,10,12,13). The summed E-state index contributed by atoms with van der Waals surface area (Å²) in [7, 11) is 0. The molecule has 5 heteroatoms. The zero-order valence-corrected chi connectivity index (χ0v) is 7.74. The molecule has 1 amide bonds. The fraction of sp³-hybridized carbons (Fsp3) is 0.222. The van der Waals surface area contributed by atoms with Gasteiger partial charge in [0.25, 0.3) is 0 Å². The lowest BCUT2D eigenvalue weighted by Gasteiger charge is -1.92. The number of carbonyl (C=O) groups is 1. The molecule has 0 spiro atoms. The average molecular weight is 190 g/mol. The molecule has 0 aliphatic carbocycles. The maximum Gasteiger partial charge on any atom is 0.221 e. The van der Waals surface area contributed by atoms with Crippen molar-refractivity contribution < 1.29 is 4.79 Å². The van der Waals surface area contributed by atoms with Crippen molar-refractivity contribution in [2.75, 3.05) is 12.3 Å². The second-order valence-corrected chi connectivity index (χ2v) is 2.51. The molecule has 0 saturated carbocycles. The number of nitrogens with zero attached hydrogens (tertiary/aromatic N) is 2. The fourth-order valence-corrected chi connectivity index (χ4v) is 0.747. The zero-order valence-electron chi connectivity index (χ0n) is 7.74. The van der Waals surface area contributed by atoms with Gasteiger partial charge in [-0.1, -0.05) is 5.92 Å². The normalized spacial score (nSPS) is 8.64. The molecule has 0 atom stereocenters. The highest BCUT2D eigenvalue weighted by atomic mass is 16.1. The summed E-state index contributed by atoms with van der Waals surface area (Å²) in [6, 6.07) is 1.65. The van der Waals surface area contributed by atoms with Gasteiger partial charge in [0.05, 0.1) is 6.54 Å². The van der Waals surface area contributed by atoms with Gasteiger partial charge in [0.2, 0.25) is 11.9 Å². The largest absolute Gasteiger partial charge is 0.368 e. The predicted molar refractivity (Wildman–Crippen MR) is 52.0 cm³/mol.